The zero-order valence-corrected chi connectivity index (χ0v) is 28.1. The second-order valence-corrected chi connectivity index (χ2v) is 13.3. The number of aromatic amines is 2. The number of hydrogen-bond donors (Lipinski definition) is 2. The summed E-state index contributed by atoms with van der Waals surface area (Å²) in [6.07, 6.45) is 10.2. The second-order valence-electron chi connectivity index (χ2n) is 13.3. The fraction of sp³-hybridized carbons (Fsp3) is 0.220. The van der Waals surface area contributed by atoms with Crippen LogP contribution in [0.2, 0.25) is 0 Å². The van der Waals surface area contributed by atoms with Crippen LogP contribution in [0.3, 0.4) is 0 Å². The number of quaternary nitrogens is 1. The maximum absolute atomic E-state index is 6.21. The molecule has 2 aliphatic heterocycles. The summed E-state index contributed by atoms with van der Waals surface area (Å²) in [5, 5.41) is 0. The summed E-state index contributed by atoms with van der Waals surface area (Å²) in [5.41, 5.74) is 11.5. The Labute approximate surface area is 281 Å². The molecule has 7 nitrogen and oxygen atoms in total. The quantitative estimate of drug-likeness (QED) is 0.116. The van der Waals surface area contributed by atoms with Crippen LogP contribution in [0.1, 0.15) is 42.5 Å². The van der Waals surface area contributed by atoms with E-state index in [9.17, 15) is 0 Å². The molecule has 0 saturated carbocycles. The first-order chi connectivity index (χ1) is 23.3. The van der Waals surface area contributed by atoms with E-state index in [1.807, 2.05) is 18.2 Å². The smallest absolute Gasteiger partial charge is 0.119 e. The summed E-state index contributed by atoms with van der Waals surface area (Å²) < 4.78 is 13.1. The minimum Gasteiger partial charge on any atom is -0.494 e. The Morgan fingerprint density at radius 3 is 1.62 bits per heavy atom. The molecule has 0 unspecified atom stereocenters. The molecule has 5 heterocycles. The molecule has 7 rings (SSSR count). The van der Waals surface area contributed by atoms with Gasteiger partial charge in [0.1, 0.15) is 11.5 Å². The summed E-state index contributed by atoms with van der Waals surface area (Å²) in [5.74, 6) is 1.70. The largest absolute Gasteiger partial charge is 0.494 e. The summed E-state index contributed by atoms with van der Waals surface area (Å²) >= 11 is 0. The van der Waals surface area contributed by atoms with E-state index < -0.39 is 0 Å². The Kier molecular flexibility index (Phi) is 8.70. The van der Waals surface area contributed by atoms with Gasteiger partial charge in [-0.1, -0.05) is 31.2 Å². The van der Waals surface area contributed by atoms with Gasteiger partial charge in [0.25, 0.3) is 0 Å². The van der Waals surface area contributed by atoms with Crippen molar-refractivity contribution in [2.75, 3.05) is 40.9 Å². The van der Waals surface area contributed by atoms with Crippen LogP contribution in [0, 0.1) is 0 Å². The number of nitrogens with zero attached hydrogens (tertiary/aromatic N) is 3. The lowest BCUT2D eigenvalue weighted by atomic mass is 10.0. The molecule has 2 aromatic carbocycles. The fourth-order valence-corrected chi connectivity index (χ4v) is 6.11. The summed E-state index contributed by atoms with van der Waals surface area (Å²) in [6, 6.07) is 29.1. The molecule has 0 atom stereocenters. The van der Waals surface area contributed by atoms with Crippen molar-refractivity contribution in [1.82, 2.24) is 19.9 Å². The third kappa shape index (κ3) is 7.11. The van der Waals surface area contributed by atoms with Crippen molar-refractivity contribution in [3.05, 3.63) is 108 Å². The van der Waals surface area contributed by atoms with Crippen molar-refractivity contribution >= 4 is 46.4 Å². The van der Waals surface area contributed by atoms with E-state index in [0.717, 1.165) is 102 Å². The van der Waals surface area contributed by atoms with Crippen LogP contribution in [0.5, 0.6) is 11.5 Å². The van der Waals surface area contributed by atoms with Crippen LogP contribution in [-0.4, -0.2) is 65.3 Å². The maximum atomic E-state index is 6.21. The highest BCUT2D eigenvalue weighted by molar-refractivity contribution is 5.93. The summed E-state index contributed by atoms with van der Waals surface area (Å²) in [7, 11) is 6.61. The standard InChI is InChI=1S/C41H42N5O2/c1-5-22-47-34-11-6-9-28(24-34)40-36-17-13-30(42-36)26-32-15-19-38(44-32)41(39-20-16-33(45-39)27-31-14-18-37(40)43-31)29-10-7-12-35(25-29)48-23-8-21-46(2,3)4/h6-7,9-20,24-27,42,45H,5,8,21-23H2,1-4H3/q+1. The van der Waals surface area contributed by atoms with E-state index in [0.29, 0.717) is 13.2 Å². The van der Waals surface area contributed by atoms with Crippen LogP contribution in [-0.2, 0) is 0 Å². The van der Waals surface area contributed by atoms with Gasteiger partial charge in [0.2, 0.25) is 0 Å². The van der Waals surface area contributed by atoms with Crippen LogP contribution in [0.25, 0.3) is 68.6 Å². The highest BCUT2D eigenvalue weighted by Crippen LogP contribution is 2.34. The van der Waals surface area contributed by atoms with Gasteiger partial charge in [0, 0.05) is 39.6 Å². The lowest BCUT2D eigenvalue weighted by Crippen LogP contribution is -2.35. The van der Waals surface area contributed by atoms with Crippen molar-refractivity contribution in [2.45, 2.75) is 19.8 Å². The third-order valence-electron chi connectivity index (χ3n) is 8.36. The number of aromatic nitrogens is 4. The number of benzene rings is 2. The van der Waals surface area contributed by atoms with E-state index >= 15 is 0 Å². The number of nitrogens with one attached hydrogen (secondary N) is 2. The summed E-state index contributed by atoms with van der Waals surface area (Å²) in [4.78, 5) is 17.5. The predicted molar refractivity (Wildman–Crippen MR) is 199 cm³/mol. The third-order valence-corrected chi connectivity index (χ3v) is 8.36. The van der Waals surface area contributed by atoms with Crippen molar-refractivity contribution in [3.63, 3.8) is 0 Å². The van der Waals surface area contributed by atoms with Crippen molar-refractivity contribution in [3.8, 4) is 33.8 Å². The van der Waals surface area contributed by atoms with Gasteiger partial charge in [-0.3, -0.25) is 0 Å². The van der Waals surface area contributed by atoms with E-state index in [1.165, 1.54) is 0 Å². The molecule has 2 aliphatic rings. The highest BCUT2D eigenvalue weighted by atomic mass is 16.5. The van der Waals surface area contributed by atoms with E-state index in [1.54, 1.807) is 0 Å². The molecule has 2 N–H and O–H groups in total. The minimum atomic E-state index is 0.674. The number of fused-ring (bicyclic) bond motifs is 8. The van der Waals surface area contributed by atoms with Crippen LogP contribution >= 0.6 is 0 Å². The van der Waals surface area contributed by atoms with Crippen LogP contribution < -0.4 is 9.47 Å². The topological polar surface area (TPSA) is 75.8 Å². The van der Waals surface area contributed by atoms with Gasteiger partial charge < -0.3 is 23.9 Å². The summed E-state index contributed by atoms with van der Waals surface area (Å²) in [6.45, 7) is 4.52. The molecule has 0 aliphatic carbocycles. The van der Waals surface area contributed by atoms with E-state index in [2.05, 4.69) is 129 Å². The van der Waals surface area contributed by atoms with Crippen molar-refractivity contribution < 1.29 is 14.0 Å². The highest BCUT2D eigenvalue weighted by Gasteiger charge is 2.15. The SMILES string of the molecule is CCCOc1cccc(-c2c3nc(cc4ccc([nH]4)c(-c4cccc(OCCC[N+](C)(C)C)c4)c4nc(cc5ccc2[nH]5)C=C4)C=C3)c1. The Bertz CT molecular complexity index is 2180. The maximum Gasteiger partial charge on any atom is 0.119 e. The molecule has 3 aromatic heterocycles. The Morgan fingerprint density at radius 2 is 1.12 bits per heavy atom. The molecule has 0 fully saturated rings. The monoisotopic (exact) mass is 636 g/mol. The molecular weight excluding hydrogens is 594 g/mol. The molecule has 48 heavy (non-hydrogen) atoms. The number of rotatable bonds is 10. The van der Waals surface area contributed by atoms with Gasteiger partial charge >= 0.3 is 0 Å². The average Bonchev–Trinajstić information content (AvgIpc) is 3.89. The second kappa shape index (κ2) is 13.4. The number of ether oxygens (including phenoxy) is 2. The first-order valence-corrected chi connectivity index (χ1v) is 16.7. The average molecular weight is 637 g/mol. The van der Waals surface area contributed by atoms with Crippen molar-refractivity contribution in [1.29, 1.82) is 0 Å². The molecule has 8 bridgehead atoms. The first kappa shape index (κ1) is 31.2. The molecular formula is C41H42N5O2+. The van der Waals surface area contributed by atoms with Gasteiger partial charge in [0.15, 0.2) is 0 Å². The lowest BCUT2D eigenvalue weighted by molar-refractivity contribution is -0.870. The van der Waals surface area contributed by atoms with Gasteiger partial charge in [0.05, 0.1) is 63.7 Å². The Balaban J connectivity index is 1.37. The normalized spacial score (nSPS) is 12.4. The van der Waals surface area contributed by atoms with Crippen LogP contribution in [0.15, 0.2) is 84.9 Å². The fourth-order valence-electron chi connectivity index (χ4n) is 6.11. The molecule has 0 radical (unpaired) electrons. The van der Waals surface area contributed by atoms with Crippen molar-refractivity contribution in [2.24, 2.45) is 0 Å². The molecule has 5 aromatic rings. The van der Waals surface area contributed by atoms with Gasteiger partial charge in [-0.05, 0) is 103 Å². The van der Waals surface area contributed by atoms with E-state index in [-0.39, 0.29) is 0 Å². The van der Waals surface area contributed by atoms with Gasteiger partial charge in [-0.15, -0.1) is 0 Å². The molecule has 0 spiro atoms. The Hall–Kier alpha value is -5.40. The van der Waals surface area contributed by atoms with E-state index in [4.69, 9.17) is 19.4 Å². The number of H-pyrrole nitrogens is 2. The molecule has 0 saturated heterocycles. The van der Waals surface area contributed by atoms with Crippen LogP contribution in [0.4, 0.5) is 0 Å². The molecule has 0 amide bonds. The minimum absolute atomic E-state index is 0.674. The zero-order valence-electron chi connectivity index (χ0n) is 28.1. The van der Waals surface area contributed by atoms with Gasteiger partial charge in [-0.25, -0.2) is 9.97 Å². The first-order valence-electron chi connectivity index (χ1n) is 16.7. The zero-order chi connectivity index (χ0) is 33.1. The number of hydrogen-bond acceptors (Lipinski definition) is 4. The lowest BCUT2D eigenvalue weighted by Gasteiger charge is -2.23. The molecule has 242 valence electrons. The molecule has 7 heteroatoms. The van der Waals surface area contributed by atoms with Gasteiger partial charge in [-0.2, -0.15) is 0 Å². The Morgan fingerprint density at radius 1 is 0.604 bits per heavy atom. The predicted octanol–water partition coefficient (Wildman–Crippen LogP) is 9.25.